The molecule has 3 unspecified atom stereocenters. The molecule has 1 saturated carbocycles. The summed E-state index contributed by atoms with van der Waals surface area (Å²) in [5.74, 6) is 1.93. The summed E-state index contributed by atoms with van der Waals surface area (Å²) in [6, 6.07) is 0. The van der Waals surface area contributed by atoms with E-state index in [4.69, 9.17) is 0 Å². The molecular formula is C15H32OSi. The van der Waals surface area contributed by atoms with Gasteiger partial charge < -0.3 is 5.11 Å². The minimum Gasteiger partial charge on any atom is -0.397 e. The van der Waals surface area contributed by atoms with Gasteiger partial charge in [-0.2, -0.15) is 0 Å². The molecule has 0 spiro atoms. The maximum absolute atomic E-state index is 10.0. The molecule has 3 atom stereocenters. The molecule has 0 heterocycles. The van der Waals surface area contributed by atoms with Gasteiger partial charge in [0.05, 0.1) is 8.07 Å². The summed E-state index contributed by atoms with van der Waals surface area (Å²) in [5.41, 5.74) is 0.00581. The normalized spacial score (nSPS) is 28.1. The van der Waals surface area contributed by atoms with E-state index in [1.54, 1.807) is 0 Å². The topological polar surface area (TPSA) is 20.2 Å². The van der Waals surface area contributed by atoms with Crippen LogP contribution in [-0.2, 0) is 0 Å². The third-order valence-electron chi connectivity index (χ3n) is 4.59. The first-order valence-electron chi connectivity index (χ1n) is 7.59. The second-order valence-corrected chi connectivity index (χ2v) is 12.6. The Morgan fingerprint density at radius 1 is 1.12 bits per heavy atom. The van der Waals surface area contributed by atoms with Gasteiger partial charge in [0.2, 0.25) is 0 Å². The van der Waals surface area contributed by atoms with Crippen LogP contribution < -0.4 is 0 Å². The van der Waals surface area contributed by atoms with Crippen LogP contribution in [0.3, 0.4) is 0 Å². The molecule has 0 aliphatic heterocycles. The van der Waals surface area contributed by atoms with E-state index in [1.165, 1.54) is 44.9 Å². The fourth-order valence-corrected chi connectivity index (χ4v) is 4.07. The summed E-state index contributed by atoms with van der Waals surface area (Å²) in [6.45, 7) is 9.23. The Morgan fingerprint density at radius 3 is 2.35 bits per heavy atom. The predicted molar refractivity (Wildman–Crippen MR) is 78.9 cm³/mol. The highest BCUT2D eigenvalue weighted by molar-refractivity contribution is 6.77. The van der Waals surface area contributed by atoms with Crippen LogP contribution in [-0.4, -0.2) is 18.9 Å². The fraction of sp³-hybridized carbons (Fsp3) is 1.00. The number of rotatable bonds is 6. The van der Waals surface area contributed by atoms with Crippen molar-refractivity contribution < 1.29 is 5.11 Å². The van der Waals surface area contributed by atoms with Crippen LogP contribution >= 0.6 is 0 Å². The van der Waals surface area contributed by atoms with Crippen molar-refractivity contribution >= 4 is 8.07 Å². The van der Waals surface area contributed by atoms with E-state index in [0.29, 0.717) is 0 Å². The molecule has 2 heteroatoms. The van der Waals surface area contributed by atoms with Crippen molar-refractivity contribution in [2.24, 2.45) is 11.8 Å². The van der Waals surface area contributed by atoms with Gasteiger partial charge in [0, 0.05) is 5.73 Å². The van der Waals surface area contributed by atoms with Gasteiger partial charge in [-0.3, -0.25) is 0 Å². The smallest absolute Gasteiger partial charge is 0.0781 e. The molecule has 1 N–H and O–H groups in total. The average molecular weight is 257 g/mol. The summed E-state index contributed by atoms with van der Waals surface area (Å²) >= 11 is 0. The van der Waals surface area contributed by atoms with Crippen LogP contribution in [0, 0.1) is 11.8 Å². The van der Waals surface area contributed by atoms with Crippen LogP contribution in [0.1, 0.15) is 58.3 Å². The van der Waals surface area contributed by atoms with E-state index in [1.807, 2.05) is 0 Å². The van der Waals surface area contributed by atoms with Gasteiger partial charge >= 0.3 is 0 Å². The van der Waals surface area contributed by atoms with Crippen LogP contribution in [0.15, 0.2) is 0 Å². The standard InChI is InChI=1S/C15H32OSi/c1-13-9-5-6-10-14(13)11-7-8-12-15(16)17(2,3)4/h13-16H,5-12H2,1-4H3. The van der Waals surface area contributed by atoms with Crippen LogP contribution in [0.4, 0.5) is 0 Å². The highest BCUT2D eigenvalue weighted by Crippen LogP contribution is 2.33. The van der Waals surface area contributed by atoms with Crippen molar-refractivity contribution in [2.75, 3.05) is 0 Å². The maximum Gasteiger partial charge on any atom is 0.0781 e. The predicted octanol–water partition coefficient (Wildman–Crippen LogP) is 4.61. The van der Waals surface area contributed by atoms with Crippen molar-refractivity contribution in [1.82, 2.24) is 0 Å². The lowest BCUT2D eigenvalue weighted by Gasteiger charge is -2.29. The molecular weight excluding hydrogens is 224 g/mol. The lowest BCUT2D eigenvalue weighted by atomic mass is 9.78. The summed E-state index contributed by atoms with van der Waals surface area (Å²) in [6.07, 6.45) is 10.8. The lowest BCUT2D eigenvalue weighted by molar-refractivity contribution is 0.214. The monoisotopic (exact) mass is 256 g/mol. The minimum absolute atomic E-state index is 0.00581. The Kier molecular flexibility index (Phi) is 6.22. The van der Waals surface area contributed by atoms with Crippen molar-refractivity contribution in [3.63, 3.8) is 0 Å². The molecule has 0 amide bonds. The fourth-order valence-electron chi connectivity index (χ4n) is 3.00. The number of hydrogen-bond acceptors (Lipinski definition) is 1. The molecule has 0 radical (unpaired) electrons. The average Bonchev–Trinajstić information content (AvgIpc) is 2.25. The molecule has 0 saturated heterocycles. The van der Waals surface area contributed by atoms with Crippen molar-refractivity contribution in [1.29, 1.82) is 0 Å². The van der Waals surface area contributed by atoms with Crippen molar-refractivity contribution in [2.45, 2.75) is 83.7 Å². The van der Waals surface area contributed by atoms with Gasteiger partial charge in [-0.25, -0.2) is 0 Å². The van der Waals surface area contributed by atoms with E-state index >= 15 is 0 Å². The molecule has 0 aromatic heterocycles. The zero-order valence-electron chi connectivity index (χ0n) is 12.3. The Labute approximate surface area is 109 Å². The van der Waals surface area contributed by atoms with E-state index < -0.39 is 8.07 Å². The number of aliphatic hydroxyl groups excluding tert-OH is 1. The zero-order valence-corrected chi connectivity index (χ0v) is 13.3. The quantitative estimate of drug-likeness (QED) is 0.543. The van der Waals surface area contributed by atoms with E-state index in [2.05, 4.69) is 26.6 Å². The van der Waals surface area contributed by atoms with Gasteiger partial charge in [0.25, 0.3) is 0 Å². The lowest BCUT2D eigenvalue weighted by Crippen LogP contribution is -2.37. The molecule has 17 heavy (non-hydrogen) atoms. The van der Waals surface area contributed by atoms with Gasteiger partial charge in [-0.1, -0.05) is 71.5 Å². The number of aliphatic hydroxyl groups is 1. The van der Waals surface area contributed by atoms with Gasteiger partial charge in [0.15, 0.2) is 0 Å². The molecule has 102 valence electrons. The Hall–Kier alpha value is 0.177. The number of unbranched alkanes of at least 4 members (excludes halogenated alkanes) is 1. The first-order chi connectivity index (χ1) is 7.91. The van der Waals surface area contributed by atoms with Crippen LogP contribution in [0.25, 0.3) is 0 Å². The third-order valence-corrected chi connectivity index (χ3v) is 6.88. The first kappa shape index (κ1) is 15.2. The third kappa shape index (κ3) is 5.56. The summed E-state index contributed by atoms with van der Waals surface area (Å²) in [7, 11) is -1.31. The van der Waals surface area contributed by atoms with E-state index in [0.717, 1.165) is 18.3 Å². The van der Waals surface area contributed by atoms with Crippen molar-refractivity contribution in [3.05, 3.63) is 0 Å². The molecule has 1 aliphatic rings. The van der Waals surface area contributed by atoms with Crippen LogP contribution in [0.2, 0.25) is 19.6 Å². The second-order valence-electron chi connectivity index (χ2n) is 7.19. The van der Waals surface area contributed by atoms with Crippen molar-refractivity contribution in [3.8, 4) is 0 Å². The summed E-state index contributed by atoms with van der Waals surface area (Å²) in [4.78, 5) is 0. The van der Waals surface area contributed by atoms with Crippen LogP contribution in [0.5, 0.6) is 0 Å². The maximum atomic E-state index is 10.0. The van der Waals surface area contributed by atoms with E-state index in [-0.39, 0.29) is 5.73 Å². The Morgan fingerprint density at radius 2 is 1.76 bits per heavy atom. The highest BCUT2D eigenvalue weighted by Gasteiger charge is 2.24. The molecule has 1 nitrogen and oxygen atoms in total. The summed E-state index contributed by atoms with van der Waals surface area (Å²) in [5, 5.41) is 10.0. The highest BCUT2D eigenvalue weighted by atomic mass is 28.3. The largest absolute Gasteiger partial charge is 0.397 e. The molecule has 1 fully saturated rings. The zero-order chi connectivity index (χ0) is 12.9. The van der Waals surface area contributed by atoms with Gasteiger partial charge in [0.1, 0.15) is 0 Å². The van der Waals surface area contributed by atoms with Gasteiger partial charge in [-0.15, -0.1) is 0 Å². The Balaban J connectivity index is 2.11. The summed E-state index contributed by atoms with van der Waals surface area (Å²) < 4.78 is 0. The molecule has 0 aromatic rings. The molecule has 0 bridgehead atoms. The SMILES string of the molecule is CC1CCCCC1CCCCC(O)[Si](C)(C)C. The van der Waals surface area contributed by atoms with E-state index in [9.17, 15) is 5.11 Å². The minimum atomic E-state index is -1.31. The van der Waals surface area contributed by atoms with Gasteiger partial charge in [-0.05, 0) is 18.3 Å². The molecule has 1 rings (SSSR count). The first-order valence-corrected chi connectivity index (χ1v) is 11.2. The Bertz CT molecular complexity index is 209. The molecule has 0 aromatic carbocycles. The molecule has 1 aliphatic carbocycles. The second kappa shape index (κ2) is 6.94. The number of hydrogen-bond donors (Lipinski definition) is 1.